The first-order valence-electron chi connectivity index (χ1n) is 6.84. The molecule has 1 aromatic rings. The number of benzene rings is 1. The quantitative estimate of drug-likeness (QED) is 0.826. The molecule has 1 atom stereocenters. The molecule has 0 aromatic heterocycles. The molecule has 1 N–H and O–H groups in total. The lowest BCUT2D eigenvalue weighted by molar-refractivity contribution is -0.0135. The van der Waals surface area contributed by atoms with Gasteiger partial charge in [-0.25, -0.2) is 4.39 Å². The average molecular weight is 249 g/mol. The highest BCUT2D eigenvalue weighted by atomic mass is 19.1. The van der Waals surface area contributed by atoms with Gasteiger partial charge in [0.25, 0.3) is 0 Å². The smallest absolute Gasteiger partial charge is 0.123 e. The topological polar surface area (TPSA) is 21.3 Å². The van der Waals surface area contributed by atoms with Gasteiger partial charge < -0.3 is 10.1 Å². The Balaban J connectivity index is 1.89. The molecule has 2 heterocycles. The predicted octanol–water partition coefficient (Wildman–Crippen LogP) is 2.70. The summed E-state index contributed by atoms with van der Waals surface area (Å²) < 4.78 is 18.6. The summed E-state index contributed by atoms with van der Waals surface area (Å²) >= 11 is 0. The van der Waals surface area contributed by atoms with Crippen molar-refractivity contribution in [2.75, 3.05) is 26.3 Å². The van der Waals surface area contributed by atoms with Crippen molar-refractivity contribution >= 4 is 0 Å². The summed E-state index contributed by atoms with van der Waals surface area (Å²) in [4.78, 5) is 0. The highest BCUT2D eigenvalue weighted by Crippen LogP contribution is 2.47. The summed E-state index contributed by atoms with van der Waals surface area (Å²) in [5.74, 6) is 0.347. The summed E-state index contributed by atoms with van der Waals surface area (Å²) in [5.41, 5.74) is 1.63. The molecule has 0 radical (unpaired) electrons. The molecule has 3 heteroatoms. The lowest BCUT2D eigenvalue weighted by atomic mass is 9.63. The molecule has 2 fully saturated rings. The molecule has 3 rings (SSSR count). The van der Waals surface area contributed by atoms with Gasteiger partial charge in [-0.1, -0.05) is 12.1 Å². The molecule has 0 aliphatic carbocycles. The Hall–Kier alpha value is -0.930. The van der Waals surface area contributed by atoms with E-state index in [0.29, 0.717) is 11.3 Å². The lowest BCUT2D eigenvalue weighted by Gasteiger charge is -2.47. The van der Waals surface area contributed by atoms with Crippen LogP contribution in [0.5, 0.6) is 0 Å². The number of hydrogen-bond donors (Lipinski definition) is 1. The highest BCUT2D eigenvalue weighted by Gasteiger charge is 2.42. The Morgan fingerprint density at radius 3 is 2.56 bits per heavy atom. The Morgan fingerprint density at radius 2 is 1.83 bits per heavy atom. The van der Waals surface area contributed by atoms with Crippen molar-refractivity contribution < 1.29 is 9.13 Å². The standard InChI is InChI=1S/C15H20FNO/c16-13-3-1-12(2-4-13)14-11-17-8-5-15(14)6-9-18-10-7-15/h1-4,14,17H,5-11H2. The zero-order valence-corrected chi connectivity index (χ0v) is 10.6. The van der Waals surface area contributed by atoms with Crippen LogP contribution in [0, 0.1) is 11.2 Å². The average Bonchev–Trinajstić information content (AvgIpc) is 2.42. The van der Waals surface area contributed by atoms with Crippen molar-refractivity contribution in [3.8, 4) is 0 Å². The first-order chi connectivity index (χ1) is 8.80. The SMILES string of the molecule is Fc1ccc(C2CNCCC23CCOCC3)cc1. The summed E-state index contributed by atoms with van der Waals surface area (Å²) in [6, 6.07) is 7.06. The maximum Gasteiger partial charge on any atom is 0.123 e. The van der Waals surface area contributed by atoms with Crippen molar-refractivity contribution in [3.05, 3.63) is 35.6 Å². The molecule has 0 saturated carbocycles. The minimum Gasteiger partial charge on any atom is -0.381 e. The Labute approximate surface area is 108 Å². The van der Waals surface area contributed by atoms with Gasteiger partial charge in [0.05, 0.1) is 0 Å². The number of piperidine rings is 1. The molecule has 2 saturated heterocycles. The number of hydrogen-bond acceptors (Lipinski definition) is 2. The maximum absolute atomic E-state index is 13.1. The van der Waals surface area contributed by atoms with E-state index in [9.17, 15) is 4.39 Å². The van der Waals surface area contributed by atoms with E-state index in [-0.39, 0.29) is 5.82 Å². The van der Waals surface area contributed by atoms with Crippen LogP contribution in [0.25, 0.3) is 0 Å². The number of halogens is 1. The third-order valence-electron chi connectivity index (χ3n) is 4.65. The fraction of sp³-hybridized carbons (Fsp3) is 0.600. The van der Waals surface area contributed by atoms with Gasteiger partial charge in [-0.15, -0.1) is 0 Å². The van der Waals surface area contributed by atoms with Gasteiger partial charge in [0.2, 0.25) is 0 Å². The number of rotatable bonds is 1. The summed E-state index contributed by atoms with van der Waals surface area (Å²) in [7, 11) is 0. The van der Waals surface area contributed by atoms with Gasteiger partial charge in [0.15, 0.2) is 0 Å². The summed E-state index contributed by atoms with van der Waals surface area (Å²) in [6.07, 6.45) is 3.48. The molecule has 98 valence electrons. The van der Waals surface area contributed by atoms with Gasteiger partial charge >= 0.3 is 0 Å². The van der Waals surface area contributed by atoms with Crippen LogP contribution >= 0.6 is 0 Å². The molecule has 1 unspecified atom stereocenters. The van der Waals surface area contributed by atoms with Crippen LogP contribution < -0.4 is 5.32 Å². The van der Waals surface area contributed by atoms with Crippen molar-refractivity contribution in [2.45, 2.75) is 25.2 Å². The van der Waals surface area contributed by atoms with Crippen LogP contribution in [-0.4, -0.2) is 26.3 Å². The fourth-order valence-corrected chi connectivity index (χ4v) is 3.52. The van der Waals surface area contributed by atoms with Crippen LogP contribution in [0.15, 0.2) is 24.3 Å². The Kier molecular flexibility index (Phi) is 3.35. The summed E-state index contributed by atoms with van der Waals surface area (Å²) in [6.45, 7) is 3.85. The van der Waals surface area contributed by atoms with E-state index in [1.54, 1.807) is 12.1 Å². The summed E-state index contributed by atoms with van der Waals surface area (Å²) in [5, 5.41) is 3.48. The Bertz CT molecular complexity index is 389. The van der Waals surface area contributed by atoms with Gasteiger partial charge in [0.1, 0.15) is 5.82 Å². The zero-order chi connectivity index (χ0) is 12.4. The second kappa shape index (κ2) is 4.98. The minimum absolute atomic E-state index is 0.149. The van der Waals surface area contributed by atoms with Crippen LogP contribution in [0.1, 0.15) is 30.7 Å². The van der Waals surface area contributed by atoms with Crippen LogP contribution in [0.3, 0.4) is 0 Å². The molecule has 0 bridgehead atoms. The van der Waals surface area contributed by atoms with Gasteiger partial charge in [-0.05, 0) is 48.9 Å². The van der Waals surface area contributed by atoms with E-state index in [1.165, 1.54) is 12.0 Å². The van der Waals surface area contributed by atoms with Crippen LogP contribution in [0.4, 0.5) is 4.39 Å². The van der Waals surface area contributed by atoms with Crippen molar-refractivity contribution in [2.24, 2.45) is 5.41 Å². The fourth-order valence-electron chi connectivity index (χ4n) is 3.52. The monoisotopic (exact) mass is 249 g/mol. The zero-order valence-electron chi connectivity index (χ0n) is 10.6. The lowest BCUT2D eigenvalue weighted by Crippen LogP contribution is -2.46. The van der Waals surface area contributed by atoms with Crippen molar-refractivity contribution in [1.29, 1.82) is 0 Å². The van der Waals surface area contributed by atoms with Crippen LogP contribution in [-0.2, 0) is 4.74 Å². The molecule has 2 aliphatic heterocycles. The number of nitrogens with one attached hydrogen (secondary N) is 1. The van der Waals surface area contributed by atoms with Gasteiger partial charge in [-0.3, -0.25) is 0 Å². The molecular weight excluding hydrogens is 229 g/mol. The largest absolute Gasteiger partial charge is 0.381 e. The molecule has 2 aliphatic rings. The Morgan fingerprint density at radius 1 is 1.11 bits per heavy atom. The second-order valence-electron chi connectivity index (χ2n) is 5.53. The molecular formula is C15H20FNO. The second-order valence-corrected chi connectivity index (χ2v) is 5.53. The molecule has 18 heavy (non-hydrogen) atoms. The van der Waals surface area contributed by atoms with E-state index in [1.807, 2.05) is 12.1 Å². The van der Waals surface area contributed by atoms with E-state index in [2.05, 4.69) is 5.32 Å². The predicted molar refractivity (Wildman–Crippen MR) is 69.1 cm³/mol. The van der Waals surface area contributed by atoms with E-state index >= 15 is 0 Å². The van der Waals surface area contributed by atoms with E-state index in [4.69, 9.17) is 4.74 Å². The van der Waals surface area contributed by atoms with Crippen LogP contribution in [0.2, 0.25) is 0 Å². The first-order valence-corrected chi connectivity index (χ1v) is 6.84. The van der Waals surface area contributed by atoms with Gasteiger partial charge in [0, 0.05) is 25.7 Å². The van der Waals surface area contributed by atoms with Crippen molar-refractivity contribution in [3.63, 3.8) is 0 Å². The third kappa shape index (κ3) is 2.17. The van der Waals surface area contributed by atoms with E-state index < -0.39 is 0 Å². The first kappa shape index (κ1) is 12.1. The molecule has 0 amide bonds. The third-order valence-corrected chi connectivity index (χ3v) is 4.65. The molecule has 2 nitrogen and oxygen atoms in total. The van der Waals surface area contributed by atoms with Gasteiger partial charge in [-0.2, -0.15) is 0 Å². The van der Waals surface area contributed by atoms with Crippen molar-refractivity contribution in [1.82, 2.24) is 5.32 Å². The minimum atomic E-state index is -0.149. The highest BCUT2D eigenvalue weighted by molar-refractivity contribution is 5.24. The molecule has 1 spiro atoms. The van der Waals surface area contributed by atoms with E-state index in [0.717, 1.165) is 39.1 Å². The maximum atomic E-state index is 13.1. The normalized spacial score (nSPS) is 27.3. The number of ether oxygens (including phenoxy) is 1. The molecule has 1 aromatic carbocycles.